The van der Waals surface area contributed by atoms with Crippen LogP contribution in [0.1, 0.15) is 40.4 Å². The Balaban J connectivity index is 1.47. The van der Waals surface area contributed by atoms with Crippen LogP contribution in [0.2, 0.25) is 0 Å². The van der Waals surface area contributed by atoms with Crippen molar-refractivity contribution in [2.75, 3.05) is 11.4 Å². The second kappa shape index (κ2) is 11.4. The van der Waals surface area contributed by atoms with Crippen molar-refractivity contribution >= 4 is 28.3 Å². The Labute approximate surface area is 261 Å². The van der Waals surface area contributed by atoms with Gasteiger partial charge >= 0.3 is 0 Å². The number of fused-ring (bicyclic) bond motifs is 1. The standard InChI is InChI=1S/C38H32N4O3/c39-35(44)24-33-36(31-21-22-41(37(31)45)34-18-10-11-26-19-20-30(43)23-32(26)34)42(25-40-33)38(27-12-4-1-5-13-27,28-14-6-2-7-15-28)29-16-8-3-9-17-29/h1-20,23,25,31,43H,21-22,24H2,(H2,39,44). The van der Waals surface area contributed by atoms with E-state index in [4.69, 9.17) is 10.7 Å². The second-order valence-electron chi connectivity index (χ2n) is 11.4. The number of phenols is 1. The van der Waals surface area contributed by atoms with Gasteiger partial charge in [0, 0.05) is 11.9 Å². The van der Waals surface area contributed by atoms with E-state index in [1.165, 1.54) is 0 Å². The third kappa shape index (κ3) is 4.73. The van der Waals surface area contributed by atoms with Gasteiger partial charge in [-0.15, -0.1) is 0 Å². The predicted molar refractivity (Wildman–Crippen MR) is 175 cm³/mol. The van der Waals surface area contributed by atoms with Crippen molar-refractivity contribution in [1.82, 2.24) is 9.55 Å². The molecule has 6 aromatic rings. The van der Waals surface area contributed by atoms with Gasteiger partial charge in [0.15, 0.2) is 0 Å². The molecule has 0 saturated carbocycles. The van der Waals surface area contributed by atoms with Crippen LogP contribution in [0.4, 0.5) is 5.69 Å². The van der Waals surface area contributed by atoms with E-state index in [1.807, 2.05) is 78.9 Å². The minimum Gasteiger partial charge on any atom is -0.508 e. The molecule has 1 saturated heterocycles. The highest BCUT2D eigenvalue weighted by atomic mass is 16.3. The maximum absolute atomic E-state index is 14.6. The zero-order chi connectivity index (χ0) is 31.0. The van der Waals surface area contributed by atoms with Crippen LogP contribution in [0.3, 0.4) is 0 Å². The minimum absolute atomic E-state index is 0.0945. The molecule has 1 aliphatic heterocycles. The van der Waals surface area contributed by atoms with E-state index in [9.17, 15) is 14.7 Å². The monoisotopic (exact) mass is 592 g/mol. The lowest BCUT2D eigenvalue weighted by Gasteiger charge is -2.39. The van der Waals surface area contributed by atoms with E-state index in [1.54, 1.807) is 23.4 Å². The van der Waals surface area contributed by atoms with Crippen LogP contribution in [0.25, 0.3) is 10.8 Å². The molecular weight excluding hydrogens is 560 g/mol. The molecule has 1 aliphatic rings. The number of phenolic OH excluding ortho intramolecular Hbond substituents is 1. The highest BCUT2D eigenvalue weighted by molar-refractivity contribution is 6.07. The Kier molecular flexibility index (Phi) is 7.14. The number of hydrogen-bond acceptors (Lipinski definition) is 4. The molecule has 7 nitrogen and oxygen atoms in total. The molecule has 0 spiro atoms. The Hall–Kier alpha value is -5.69. The molecule has 7 rings (SSSR count). The number of benzene rings is 5. The molecular formula is C38H32N4O3. The molecule has 1 fully saturated rings. The van der Waals surface area contributed by atoms with Gasteiger partial charge in [0.05, 0.1) is 35.7 Å². The normalized spacial score (nSPS) is 15.1. The molecule has 2 heterocycles. The second-order valence-corrected chi connectivity index (χ2v) is 11.4. The van der Waals surface area contributed by atoms with Gasteiger partial charge < -0.3 is 20.3 Å². The predicted octanol–water partition coefficient (Wildman–Crippen LogP) is 6.13. The van der Waals surface area contributed by atoms with Gasteiger partial charge in [-0.1, -0.05) is 109 Å². The summed E-state index contributed by atoms with van der Waals surface area (Å²) in [7, 11) is 0. The fourth-order valence-electron chi connectivity index (χ4n) is 6.94. The van der Waals surface area contributed by atoms with Crippen molar-refractivity contribution < 1.29 is 14.7 Å². The van der Waals surface area contributed by atoms with Crippen molar-refractivity contribution in [2.45, 2.75) is 24.3 Å². The van der Waals surface area contributed by atoms with Crippen LogP contribution in [0.15, 0.2) is 134 Å². The van der Waals surface area contributed by atoms with Gasteiger partial charge in [0.1, 0.15) is 11.3 Å². The highest BCUT2D eigenvalue weighted by Crippen LogP contribution is 2.45. The molecule has 3 N–H and O–H groups in total. The fraction of sp³-hybridized carbons (Fsp3) is 0.132. The van der Waals surface area contributed by atoms with Crippen molar-refractivity contribution in [3.05, 3.63) is 162 Å². The Morgan fingerprint density at radius 1 is 0.822 bits per heavy atom. The highest BCUT2D eigenvalue weighted by Gasteiger charge is 2.45. The summed E-state index contributed by atoms with van der Waals surface area (Å²) in [6, 6.07) is 41.5. The van der Waals surface area contributed by atoms with Gasteiger partial charge in [-0.3, -0.25) is 9.59 Å². The molecule has 7 heteroatoms. The number of amides is 2. The molecule has 45 heavy (non-hydrogen) atoms. The maximum atomic E-state index is 14.6. The van der Waals surface area contributed by atoms with Crippen LogP contribution in [-0.2, 0) is 21.5 Å². The number of nitrogens with two attached hydrogens (primary N) is 1. The Morgan fingerprint density at radius 3 is 2.00 bits per heavy atom. The quantitative estimate of drug-likeness (QED) is 0.208. The topological polar surface area (TPSA) is 101 Å². The number of imidazole rings is 1. The zero-order valence-electron chi connectivity index (χ0n) is 24.6. The number of anilines is 1. The number of rotatable bonds is 8. The average molecular weight is 593 g/mol. The van der Waals surface area contributed by atoms with Crippen molar-refractivity contribution in [2.24, 2.45) is 5.73 Å². The lowest BCUT2D eigenvalue weighted by atomic mass is 9.76. The van der Waals surface area contributed by atoms with E-state index in [0.717, 1.165) is 33.2 Å². The van der Waals surface area contributed by atoms with Gasteiger partial charge in [-0.25, -0.2) is 4.98 Å². The molecule has 5 aromatic carbocycles. The summed E-state index contributed by atoms with van der Waals surface area (Å²) in [6.45, 7) is 0.467. The number of aromatic hydroxyl groups is 1. The summed E-state index contributed by atoms with van der Waals surface area (Å²) < 4.78 is 2.09. The van der Waals surface area contributed by atoms with Crippen molar-refractivity contribution in [1.29, 1.82) is 0 Å². The smallest absolute Gasteiger partial charge is 0.236 e. The first-order valence-corrected chi connectivity index (χ1v) is 15.0. The summed E-state index contributed by atoms with van der Waals surface area (Å²) in [5.41, 5.74) is 9.70. The third-order valence-corrected chi connectivity index (χ3v) is 8.83. The number of aromatic nitrogens is 2. The third-order valence-electron chi connectivity index (χ3n) is 8.83. The fourth-order valence-corrected chi connectivity index (χ4v) is 6.94. The molecule has 222 valence electrons. The minimum atomic E-state index is -0.916. The van der Waals surface area contributed by atoms with E-state index in [-0.39, 0.29) is 18.1 Å². The average Bonchev–Trinajstić information content (AvgIpc) is 3.65. The molecule has 0 aliphatic carbocycles. The molecule has 2 amide bonds. The first-order chi connectivity index (χ1) is 22.0. The molecule has 0 radical (unpaired) electrons. The Bertz CT molecular complexity index is 1910. The van der Waals surface area contributed by atoms with E-state index in [2.05, 4.69) is 41.0 Å². The van der Waals surface area contributed by atoms with Crippen LogP contribution >= 0.6 is 0 Å². The molecule has 1 atom stereocenters. The lowest BCUT2D eigenvalue weighted by molar-refractivity contribution is -0.119. The first kappa shape index (κ1) is 28.1. The maximum Gasteiger partial charge on any atom is 0.236 e. The summed E-state index contributed by atoms with van der Waals surface area (Å²) in [5, 5.41) is 12.0. The summed E-state index contributed by atoms with van der Waals surface area (Å²) in [5.74, 6) is -1.07. The van der Waals surface area contributed by atoms with Crippen molar-refractivity contribution in [3.8, 4) is 5.75 Å². The van der Waals surface area contributed by atoms with Gasteiger partial charge in [-0.2, -0.15) is 0 Å². The number of carbonyl (C=O) groups is 2. The molecule has 0 bridgehead atoms. The number of carbonyl (C=O) groups excluding carboxylic acids is 2. The summed E-state index contributed by atoms with van der Waals surface area (Å²) in [6.07, 6.45) is 2.18. The van der Waals surface area contributed by atoms with Crippen LogP contribution in [0, 0.1) is 0 Å². The molecule has 1 unspecified atom stereocenters. The number of primary amides is 1. The zero-order valence-corrected chi connectivity index (χ0v) is 24.6. The SMILES string of the molecule is NC(=O)Cc1ncn(C(c2ccccc2)(c2ccccc2)c2ccccc2)c1C1CCN(c2cccc3ccc(O)cc23)C1=O. The van der Waals surface area contributed by atoms with Crippen LogP contribution < -0.4 is 10.6 Å². The first-order valence-electron chi connectivity index (χ1n) is 15.0. The van der Waals surface area contributed by atoms with Gasteiger partial charge in [-0.05, 0) is 46.7 Å². The number of nitrogens with zero attached hydrogens (tertiary/aromatic N) is 3. The van der Waals surface area contributed by atoms with Gasteiger partial charge in [0.25, 0.3) is 0 Å². The van der Waals surface area contributed by atoms with Crippen LogP contribution in [-0.4, -0.2) is 33.0 Å². The molecule has 1 aromatic heterocycles. The summed E-state index contributed by atoms with van der Waals surface area (Å²) in [4.78, 5) is 33.6. The van der Waals surface area contributed by atoms with Gasteiger partial charge in [0.2, 0.25) is 11.8 Å². The van der Waals surface area contributed by atoms with E-state index >= 15 is 0 Å². The van der Waals surface area contributed by atoms with Crippen LogP contribution in [0.5, 0.6) is 5.75 Å². The van der Waals surface area contributed by atoms with E-state index < -0.39 is 17.4 Å². The lowest BCUT2D eigenvalue weighted by Crippen LogP contribution is -2.40. The Morgan fingerprint density at radius 2 is 1.42 bits per heavy atom. The largest absolute Gasteiger partial charge is 0.508 e. The number of hydrogen-bond donors (Lipinski definition) is 2. The van der Waals surface area contributed by atoms with Crippen molar-refractivity contribution in [3.63, 3.8) is 0 Å². The van der Waals surface area contributed by atoms with E-state index in [0.29, 0.717) is 24.4 Å². The summed E-state index contributed by atoms with van der Waals surface area (Å²) >= 11 is 0.